The first-order chi connectivity index (χ1) is 7.09. The molecule has 3 nitrogen and oxygen atoms in total. The maximum absolute atomic E-state index is 5.63. The summed E-state index contributed by atoms with van der Waals surface area (Å²) < 4.78 is 11.2. The largest absolute Gasteiger partial charge is 0.488 e. The van der Waals surface area contributed by atoms with Crippen LogP contribution in [0.25, 0.3) is 0 Å². The minimum atomic E-state index is 0.0251. The van der Waals surface area contributed by atoms with Crippen molar-refractivity contribution < 1.29 is 9.47 Å². The molecule has 0 bridgehead atoms. The molecule has 0 aliphatic carbocycles. The molecule has 0 unspecified atom stereocenters. The van der Waals surface area contributed by atoms with E-state index in [0.29, 0.717) is 6.61 Å². The minimum Gasteiger partial charge on any atom is -0.488 e. The SMILES string of the molecule is CC(C)Oc1ccccc1OC[C@@H](C)N. The van der Waals surface area contributed by atoms with Gasteiger partial charge in [0.2, 0.25) is 0 Å². The minimum absolute atomic E-state index is 0.0251. The fourth-order valence-corrected chi connectivity index (χ4v) is 1.14. The second-order valence-corrected chi connectivity index (χ2v) is 3.90. The van der Waals surface area contributed by atoms with E-state index >= 15 is 0 Å². The average Bonchev–Trinajstić information content (AvgIpc) is 2.15. The van der Waals surface area contributed by atoms with E-state index < -0.39 is 0 Å². The molecule has 2 N–H and O–H groups in total. The zero-order valence-electron chi connectivity index (χ0n) is 9.57. The Morgan fingerprint density at radius 2 is 1.73 bits per heavy atom. The molecule has 0 radical (unpaired) electrons. The first-order valence-electron chi connectivity index (χ1n) is 5.23. The first kappa shape index (κ1) is 11.9. The summed E-state index contributed by atoms with van der Waals surface area (Å²) in [5.74, 6) is 1.52. The van der Waals surface area contributed by atoms with Crippen LogP contribution in [0.1, 0.15) is 20.8 Å². The van der Waals surface area contributed by atoms with Crippen molar-refractivity contribution in [3.8, 4) is 11.5 Å². The topological polar surface area (TPSA) is 44.5 Å². The first-order valence-corrected chi connectivity index (χ1v) is 5.23. The Labute approximate surface area is 91.2 Å². The van der Waals surface area contributed by atoms with Gasteiger partial charge in [-0.15, -0.1) is 0 Å². The molecule has 0 saturated heterocycles. The number of benzene rings is 1. The molecular weight excluding hydrogens is 190 g/mol. The molecule has 0 heterocycles. The fraction of sp³-hybridized carbons (Fsp3) is 0.500. The van der Waals surface area contributed by atoms with Gasteiger partial charge >= 0.3 is 0 Å². The molecule has 0 saturated carbocycles. The highest BCUT2D eigenvalue weighted by atomic mass is 16.5. The van der Waals surface area contributed by atoms with Crippen molar-refractivity contribution in [1.29, 1.82) is 0 Å². The molecule has 1 atom stereocenters. The van der Waals surface area contributed by atoms with E-state index in [0.717, 1.165) is 11.5 Å². The van der Waals surface area contributed by atoms with E-state index in [2.05, 4.69) is 0 Å². The Balaban J connectivity index is 2.68. The van der Waals surface area contributed by atoms with Gasteiger partial charge in [0.25, 0.3) is 0 Å². The Morgan fingerprint density at radius 3 is 2.27 bits per heavy atom. The van der Waals surface area contributed by atoms with Crippen molar-refractivity contribution in [1.82, 2.24) is 0 Å². The van der Waals surface area contributed by atoms with Crippen LogP contribution < -0.4 is 15.2 Å². The maximum atomic E-state index is 5.63. The Kier molecular flexibility index (Phi) is 4.43. The second-order valence-electron chi connectivity index (χ2n) is 3.90. The summed E-state index contributed by atoms with van der Waals surface area (Å²) in [6, 6.07) is 7.66. The highest BCUT2D eigenvalue weighted by Gasteiger charge is 2.06. The van der Waals surface area contributed by atoms with E-state index in [1.165, 1.54) is 0 Å². The third kappa shape index (κ3) is 4.21. The normalized spacial score (nSPS) is 12.6. The predicted molar refractivity (Wildman–Crippen MR) is 61.4 cm³/mol. The van der Waals surface area contributed by atoms with Crippen molar-refractivity contribution in [3.05, 3.63) is 24.3 Å². The lowest BCUT2D eigenvalue weighted by Crippen LogP contribution is -2.23. The zero-order valence-corrected chi connectivity index (χ0v) is 9.57. The Hall–Kier alpha value is -1.22. The van der Waals surface area contributed by atoms with Gasteiger partial charge in [0.15, 0.2) is 11.5 Å². The molecule has 1 aromatic carbocycles. The van der Waals surface area contributed by atoms with Gasteiger partial charge < -0.3 is 15.2 Å². The number of hydrogen-bond donors (Lipinski definition) is 1. The molecule has 0 spiro atoms. The second kappa shape index (κ2) is 5.61. The number of ether oxygens (including phenoxy) is 2. The van der Waals surface area contributed by atoms with Crippen LogP contribution in [0.2, 0.25) is 0 Å². The van der Waals surface area contributed by atoms with Gasteiger partial charge in [0, 0.05) is 6.04 Å². The molecule has 0 aliphatic heterocycles. The van der Waals surface area contributed by atoms with Crippen LogP contribution in [0.15, 0.2) is 24.3 Å². The van der Waals surface area contributed by atoms with Gasteiger partial charge in [-0.25, -0.2) is 0 Å². The van der Waals surface area contributed by atoms with E-state index in [-0.39, 0.29) is 12.1 Å². The van der Waals surface area contributed by atoms with Crippen molar-refractivity contribution in [2.75, 3.05) is 6.61 Å². The number of hydrogen-bond acceptors (Lipinski definition) is 3. The molecular formula is C12H19NO2. The summed E-state index contributed by atoms with van der Waals surface area (Å²) >= 11 is 0. The summed E-state index contributed by atoms with van der Waals surface area (Å²) in [7, 11) is 0. The van der Waals surface area contributed by atoms with Crippen molar-refractivity contribution >= 4 is 0 Å². The van der Waals surface area contributed by atoms with Crippen LogP contribution in [0.4, 0.5) is 0 Å². The third-order valence-corrected chi connectivity index (χ3v) is 1.71. The molecule has 1 aromatic rings. The smallest absolute Gasteiger partial charge is 0.161 e. The molecule has 3 heteroatoms. The zero-order chi connectivity index (χ0) is 11.3. The van der Waals surface area contributed by atoms with Gasteiger partial charge in [0.05, 0.1) is 6.10 Å². The summed E-state index contributed by atoms with van der Waals surface area (Å²) in [5, 5.41) is 0. The highest BCUT2D eigenvalue weighted by Crippen LogP contribution is 2.27. The van der Waals surface area contributed by atoms with E-state index in [9.17, 15) is 0 Å². The maximum Gasteiger partial charge on any atom is 0.161 e. The van der Waals surface area contributed by atoms with Crippen LogP contribution in [0.5, 0.6) is 11.5 Å². The van der Waals surface area contributed by atoms with Crippen LogP contribution in [-0.4, -0.2) is 18.8 Å². The summed E-state index contributed by atoms with van der Waals surface area (Å²) in [4.78, 5) is 0. The molecule has 0 fully saturated rings. The van der Waals surface area contributed by atoms with Gasteiger partial charge in [-0.05, 0) is 32.9 Å². The fourth-order valence-electron chi connectivity index (χ4n) is 1.14. The summed E-state index contributed by atoms with van der Waals surface area (Å²) in [5.41, 5.74) is 5.63. The monoisotopic (exact) mass is 209 g/mol. The van der Waals surface area contributed by atoms with E-state index in [4.69, 9.17) is 15.2 Å². The lowest BCUT2D eigenvalue weighted by atomic mass is 10.3. The Bertz CT molecular complexity index is 297. The van der Waals surface area contributed by atoms with E-state index in [1.807, 2.05) is 45.0 Å². The summed E-state index contributed by atoms with van der Waals surface area (Å²) in [6.45, 7) is 6.38. The van der Waals surface area contributed by atoms with E-state index in [1.54, 1.807) is 0 Å². The molecule has 0 aromatic heterocycles. The molecule has 0 amide bonds. The van der Waals surface area contributed by atoms with Crippen LogP contribution in [-0.2, 0) is 0 Å². The van der Waals surface area contributed by atoms with Gasteiger partial charge in [-0.3, -0.25) is 0 Å². The van der Waals surface area contributed by atoms with Gasteiger partial charge in [0.1, 0.15) is 6.61 Å². The quantitative estimate of drug-likeness (QED) is 0.808. The van der Waals surface area contributed by atoms with Gasteiger partial charge in [-0.1, -0.05) is 12.1 Å². The van der Waals surface area contributed by atoms with Crippen molar-refractivity contribution in [2.24, 2.45) is 5.73 Å². The summed E-state index contributed by atoms with van der Waals surface area (Å²) in [6.07, 6.45) is 0.144. The molecule has 84 valence electrons. The number of nitrogens with two attached hydrogens (primary N) is 1. The molecule has 15 heavy (non-hydrogen) atoms. The van der Waals surface area contributed by atoms with Gasteiger partial charge in [-0.2, -0.15) is 0 Å². The van der Waals surface area contributed by atoms with Crippen molar-refractivity contribution in [3.63, 3.8) is 0 Å². The molecule has 0 aliphatic rings. The Morgan fingerprint density at radius 1 is 1.13 bits per heavy atom. The predicted octanol–water partition coefficient (Wildman–Crippen LogP) is 2.20. The average molecular weight is 209 g/mol. The third-order valence-electron chi connectivity index (χ3n) is 1.71. The number of para-hydroxylation sites is 2. The lowest BCUT2D eigenvalue weighted by Gasteiger charge is -2.15. The number of rotatable bonds is 5. The van der Waals surface area contributed by atoms with Crippen LogP contribution >= 0.6 is 0 Å². The van der Waals surface area contributed by atoms with Crippen LogP contribution in [0.3, 0.4) is 0 Å². The standard InChI is InChI=1S/C12H19NO2/c1-9(2)15-12-7-5-4-6-11(12)14-8-10(3)13/h4-7,9-10H,8,13H2,1-3H3/t10-/m1/s1. The molecule has 1 rings (SSSR count). The van der Waals surface area contributed by atoms with Crippen LogP contribution in [0, 0.1) is 0 Å². The highest BCUT2D eigenvalue weighted by molar-refractivity contribution is 5.39. The lowest BCUT2D eigenvalue weighted by molar-refractivity contribution is 0.218. The van der Waals surface area contributed by atoms with Crippen molar-refractivity contribution in [2.45, 2.75) is 32.9 Å².